The van der Waals surface area contributed by atoms with Gasteiger partial charge in [0.05, 0.1) is 18.5 Å². The maximum atomic E-state index is 14.8. The van der Waals surface area contributed by atoms with Crippen LogP contribution in [-0.2, 0) is 9.47 Å². The Bertz CT molecular complexity index is 1110. The number of H-pyrrole nitrogens is 1. The molecule has 3 aromatic rings. The summed E-state index contributed by atoms with van der Waals surface area (Å²) in [4.78, 5) is 20.0. The molecule has 3 aromatic heterocycles. The molecular formula is C19H22F3N7O4. The molecule has 0 aliphatic carbocycles. The molecule has 0 aromatic carbocycles. The number of nitrogens with one attached hydrogen (secondary N) is 3. The van der Waals surface area contributed by atoms with Crippen molar-refractivity contribution < 1.29 is 32.2 Å². The van der Waals surface area contributed by atoms with Crippen LogP contribution in [0.25, 0.3) is 5.65 Å². The van der Waals surface area contributed by atoms with Gasteiger partial charge in [0.1, 0.15) is 11.8 Å². The van der Waals surface area contributed by atoms with E-state index in [1.807, 2.05) is 0 Å². The van der Waals surface area contributed by atoms with Crippen molar-refractivity contribution in [3.05, 3.63) is 30.2 Å². The Labute approximate surface area is 185 Å². The number of aromatic amines is 1. The van der Waals surface area contributed by atoms with Crippen LogP contribution in [0.5, 0.6) is 5.88 Å². The molecule has 14 heteroatoms. The smallest absolute Gasteiger partial charge is 0.407 e. The highest BCUT2D eigenvalue weighted by Crippen LogP contribution is 2.33. The minimum atomic E-state index is -2.63. The molecule has 1 fully saturated rings. The van der Waals surface area contributed by atoms with Crippen LogP contribution in [-0.4, -0.2) is 68.6 Å². The predicted molar refractivity (Wildman–Crippen MR) is 108 cm³/mol. The number of alkyl halides is 3. The van der Waals surface area contributed by atoms with Crippen molar-refractivity contribution in [3.63, 3.8) is 0 Å². The standard InChI is InChI=1S/C19H22F3N7O4/c1-9(2)24-19(30)33-11-7-32-17(16(11)22)10-5-13(28-27-10)25-18-23-4-3-14-26-15(6-29(14)18)31-8-12(20)21/h3-6,9,11-12,16-17H,7-8H2,1-2H3,(H,24,30)(H2,23,25,27,28)/t11-,16+,17-/m0/s1. The topological polar surface area (TPSA) is 128 Å². The second kappa shape index (κ2) is 9.52. The van der Waals surface area contributed by atoms with Gasteiger partial charge in [-0.3, -0.25) is 9.50 Å². The Morgan fingerprint density at radius 3 is 3.00 bits per heavy atom. The normalized spacial score (nSPS) is 20.5. The minimum absolute atomic E-state index is 0.0150. The number of hydrogen-bond acceptors (Lipinski definition) is 8. The number of aromatic nitrogens is 5. The van der Waals surface area contributed by atoms with Crippen LogP contribution in [0.2, 0.25) is 0 Å². The first kappa shape index (κ1) is 22.6. The number of carbonyl (C=O) groups is 1. The zero-order valence-corrected chi connectivity index (χ0v) is 17.7. The van der Waals surface area contributed by atoms with Gasteiger partial charge in [0, 0.05) is 18.3 Å². The van der Waals surface area contributed by atoms with E-state index in [-0.39, 0.29) is 24.5 Å². The Morgan fingerprint density at radius 1 is 1.42 bits per heavy atom. The zero-order chi connectivity index (χ0) is 23.5. The van der Waals surface area contributed by atoms with E-state index in [9.17, 15) is 18.0 Å². The van der Waals surface area contributed by atoms with Gasteiger partial charge in [-0.1, -0.05) is 0 Å². The third kappa shape index (κ3) is 5.27. The molecule has 0 spiro atoms. The lowest BCUT2D eigenvalue weighted by atomic mass is 10.1. The predicted octanol–water partition coefficient (Wildman–Crippen LogP) is 2.75. The molecular weight excluding hydrogens is 447 g/mol. The first-order chi connectivity index (χ1) is 15.8. The molecule has 1 aliphatic heterocycles. The van der Waals surface area contributed by atoms with Crippen LogP contribution in [0, 0.1) is 0 Å². The van der Waals surface area contributed by atoms with Crippen molar-refractivity contribution in [3.8, 4) is 5.88 Å². The van der Waals surface area contributed by atoms with Gasteiger partial charge in [0.25, 0.3) is 6.43 Å². The lowest BCUT2D eigenvalue weighted by Gasteiger charge is -2.16. The number of nitrogens with zero attached hydrogens (tertiary/aromatic N) is 4. The van der Waals surface area contributed by atoms with Crippen molar-refractivity contribution in [2.24, 2.45) is 0 Å². The highest BCUT2D eigenvalue weighted by atomic mass is 19.3. The zero-order valence-electron chi connectivity index (χ0n) is 17.7. The highest BCUT2D eigenvalue weighted by molar-refractivity contribution is 5.67. The maximum Gasteiger partial charge on any atom is 0.407 e. The Kier molecular flexibility index (Phi) is 6.53. The molecule has 11 nitrogen and oxygen atoms in total. The number of fused-ring (bicyclic) bond motifs is 1. The van der Waals surface area contributed by atoms with Crippen LogP contribution in [0.4, 0.5) is 29.7 Å². The number of alkyl carbamates (subject to hydrolysis) is 1. The minimum Gasteiger partial charge on any atom is -0.470 e. The fraction of sp³-hybridized carbons (Fsp3) is 0.474. The van der Waals surface area contributed by atoms with E-state index >= 15 is 0 Å². The second-order valence-corrected chi connectivity index (χ2v) is 7.55. The Hall–Kier alpha value is -3.55. The molecule has 0 bridgehead atoms. The van der Waals surface area contributed by atoms with Gasteiger partial charge < -0.3 is 24.8 Å². The summed E-state index contributed by atoms with van der Waals surface area (Å²) >= 11 is 0. The highest BCUT2D eigenvalue weighted by Gasteiger charge is 2.42. The van der Waals surface area contributed by atoms with Crippen molar-refractivity contribution in [2.75, 3.05) is 18.5 Å². The van der Waals surface area contributed by atoms with Gasteiger partial charge in [-0.15, -0.1) is 0 Å². The fourth-order valence-electron chi connectivity index (χ4n) is 3.21. The van der Waals surface area contributed by atoms with Gasteiger partial charge in [0.15, 0.2) is 24.7 Å². The van der Waals surface area contributed by atoms with Crippen molar-refractivity contribution in [2.45, 2.75) is 44.7 Å². The molecule has 3 N–H and O–H groups in total. The lowest BCUT2D eigenvalue weighted by Crippen LogP contribution is -2.36. The number of amides is 1. The van der Waals surface area contributed by atoms with Crippen molar-refractivity contribution >= 4 is 23.5 Å². The summed E-state index contributed by atoms with van der Waals surface area (Å²) in [6.07, 6.45) is -4.12. The lowest BCUT2D eigenvalue weighted by molar-refractivity contribution is 0.0615. The second-order valence-electron chi connectivity index (χ2n) is 7.55. The number of anilines is 2. The molecule has 0 saturated carbocycles. The van der Waals surface area contributed by atoms with Gasteiger partial charge >= 0.3 is 6.09 Å². The number of halogens is 3. The van der Waals surface area contributed by atoms with Gasteiger partial charge in [-0.05, 0) is 19.9 Å². The van der Waals surface area contributed by atoms with Crippen LogP contribution in [0.1, 0.15) is 25.6 Å². The van der Waals surface area contributed by atoms with E-state index in [2.05, 4.69) is 30.8 Å². The molecule has 1 amide bonds. The summed E-state index contributed by atoms with van der Waals surface area (Å²) in [6, 6.07) is 2.96. The van der Waals surface area contributed by atoms with Crippen LogP contribution >= 0.6 is 0 Å². The summed E-state index contributed by atoms with van der Waals surface area (Å²) in [6.45, 7) is 2.64. The van der Waals surface area contributed by atoms with E-state index in [4.69, 9.17) is 14.2 Å². The van der Waals surface area contributed by atoms with E-state index in [1.54, 1.807) is 19.9 Å². The molecule has 1 aliphatic rings. The summed E-state index contributed by atoms with van der Waals surface area (Å²) < 4.78 is 56.6. The third-order valence-corrected chi connectivity index (χ3v) is 4.61. The molecule has 1 saturated heterocycles. The number of ether oxygens (including phenoxy) is 3. The first-order valence-electron chi connectivity index (χ1n) is 10.1. The van der Waals surface area contributed by atoms with Crippen molar-refractivity contribution in [1.29, 1.82) is 0 Å². The summed E-state index contributed by atoms with van der Waals surface area (Å²) in [5, 5.41) is 12.3. The molecule has 0 unspecified atom stereocenters. The summed E-state index contributed by atoms with van der Waals surface area (Å²) in [7, 11) is 0. The van der Waals surface area contributed by atoms with Crippen LogP contribution in [0.15, 0.2) is 24.5 Å². The number of imidazole rings is 1. The Morgan fingerprint density at radius 2 is 2.24 bits per heavy atom. The average molecular weight is 469 g/mol. The monoisotopic (exact) mass is 469 g/mol. The molecule has 3 atom stereocenters. The molecule has 0 radical (unpaired) electrons. The van der Waals surface area contributed by atoms with E-state index in [0.29, 0.717) is 17.2 Å². The SMILES string of the molecule is CC(C)NC(=O)O[C@H]1CO[C@@H](c2cc(Nc3nccc4nc(OCC(F)F)cn34)n[nH]2)[C@@H]1F. The first-order valence-corrected chi connectivity index (χ1v) is 10.1. The average Bonchev–Trinajstić information content (AvgIpc) is 3.45. The van der Waals surface area contributed by atoms with Crippen LogP contribution < -0.4 is 15.4 Å². The molecule has 4 rings (SSSR count). The number of rotatable bonds is 8. The number of carbonyl (C=O) groups excluding carboxylic acids is 1. The third-order valence-electron chi connectivity index (χ3n) is 4.61. The quantitative estimate of drug-likeness (QED) is 0.460. The van der Waals surface area contributed by atoms with E-state index in [0.717, 1.165) is 0 Å². The van der Waals surface area contributed by atoms with E-state index in [1.165, 1.54) is 22.9 Å². The molecule has 33 heavy (non-hydrogen) atoms. The summed E-state index contributed by atoms with van der Waals surface area (Å²) in [5.74, 6) is 0.591. The fourth-order valence-corrected chi connectivity index (χ4v) is 3.21. The Balaban J connectivity index is 1.43. The van der Waals surface area contributed by atoms with Crippen LogP contribution in [0.3, 0.4) is 0 Å². The van der Waals surface area contributed by atoms with Gasteiger partial charge in [0.2, 0.25) is 11.8 Å². The van der Waals surface area contributed by atoms with Crippen molar-refractivity contribution in [1.82, 2.24) is 29.9 Å². The number of hydrogen-bond donors (Lipinski definition) is 3. The maximum absolute atomic E-state index is 14.8. The van der Waals surface area contributed by atoms with Gasteiger partial charge in [-0.25, -0.2) is 22.9 Å². The summed E-state index contributed by atoms with van der Waals surface area (Å²) in [5.41, 5.74) is 0.745. The largest absolute Gasteiger partial charge is 0.470 e. The van der Waals surface area contributed by atoms with Gasteiger partial charge in [-0.2, -0.15) is 10.1 Å². The molecule has 178 valence electrons. The van der Waals surface area contributed by atoms with E-state index < -0.39 is 37.5 Å². The molecule has 4 heterocycles.